The summed E-state index contributed by atoms with van der Waals surface area (Å²) in [6, 6.07) is 13.6. The molecule has 0 amide bonds. The standard InChI is InChI=1S/C14H14N2O3/c1-10(17)11-6-8-12(9-7-11)15-13-4-2-3-5-14(13)16(18)19/h2-10,15,17H,1H3. The van der Waals surface area contributed by atoms with Gasteiger partial charge >= 0.3 is 0 Å². The van der Waals surface area contributed by atoms with Crippen molar-refractivity contribution in [2.45, 2.75) is 13.0 Å². The zero-order valence-electron chi connectivity index (χ0n) is 10.4. The van der Waals surface area contributed by atoms with Crippen molar-refractivity contribution in [3.63, 3.8) is 0 Å². The molecule has 98 valence electrons. The van der Waals surface area contributed by atoms with E-state index >= 15 is 0 Å². The van der Waals surface area contributed by atoms with Crippen LogP contribution in [0.4, 0.5) is 17.1 Å². The Hall–Kier alpha value is -2.40. The van der Waals surface area contributed by atoms with Crippen LogP contribution in [0.5, 0.6) is 0 Å². The second kappa shape index (κ2) is 5.49. The van der Waals surface area contributed by atoms with Gasteiger partial charge < -0.3 is 10.4 Å². The molecule has 0 radical (unpaired) electrons. The third-order valence-corrected chi connectivity index (χ3v) is 2.77. The first-order valence-electron chi connectivity index (χ1n) is 5.86. The van der Waals surface area contributed by atoms with Crippen molar-refractivity contribution in [3.8, 4) is 0 Å². The van der Waals surface area contributed by atoms with Crippen LogP contribution in [-0.2, 0) is 0 Å². The summed E-state index contributed by atoms with van der Waals surface area (Å²) in [5.41, 5.74) is 2.01. The Balaban J connectivity index is 2.24. The molecule has 5 nitrogen and oxygen atoms in total. The van der Waals surface area contributed by atoms with Gasteiger partial charge in [-0.25, -0.2) is 0 Å². The van der Waals surface area contributed by atoms with E-state index in [1.54, 1.807) is 49.4 Å². The van der Waals surface area contributed by atoms with Crippen molar-refractivity contribution >= 4 is 17.1 Å². The van der Waals surface area contributed by atoms with Crippen LogP contribution in [-0.4, -0.2) is 10.0 Å². The topological polar surface area (TPSA) is 75.4 Å². The van der Waals surface area contributed by atoms with Gasteiger partial charge in [-0.1, -0.05) is 24.3 Å². The molecule has 0 aliphatic rings. The summed E-state index contributed by atoms with van der Waals surface area (Å²) >= 11 is 0. The van der Waals surface area contributed by atoms with Gasteiger partial charge in [0.05, 0.1) is 11.0 Å². The number of nitro groups is 1. The Kier molecular flexibility index (Phi) is 3.77. The lowest BCUT2D eigenvalue weighted by Gasteiger charge is -2.09. The lowest BCUT2D eigenvalue weighted by molar-refractivity contribution is -0.383. The van der Waals surface area contributed by atoms with Crippen LogP contribution in [0.15, 0.2) is 48.5 Å². The molecule has 0 aliphatic heterocycles. The van der Waals surface area contributed by atoms with E-state index < -0.39 is 11.0 Å². The lowest BCUT2D eigenvalue weighted by atomic mass is 10.1. The highest BCUT2D eigenvalue weighted by Gasteiger charge is 2.12. The largest absolute Gasteiger partial charge is 0.389 e. The van der Waals surface area contributed by atoms with Gasteiger partial charge in [0.2, 0.25) is 0 Å². The number of rotatable bonds is 4. The number of hydrogen-bond acceptors (Lipinski definition) is 4. The van der Waals surface area contributed by atoms with Gasteiger partial charge in [0.1, 0.15) is 5.69 Å². The lowest BCUT2D eigenvalue weighted by Crippen LogP contribution is -1.97. The molecule has 0 saturated carbocycles. The number of nitro benzene ring substituents is 1. The molecule has 1 unspecified atom stereocenters. The SMILES string of the molecule is CC(O)c1ccc(Nc2ccccc2[N+](=O)[O-])cc1. The van der Waals surface area contributed by atoms with Crippen LogP contribution in [0.3, 0.4) is 0 Å². The molecule has 0 heterocycles. The highest BCUT2D eigenvalue weighted by Crippen LogP contribution is 2.27. The first kappa shape index (κ1) is 13.0. The highest BCUT2D eigenvalue weighted by atomic mass is 16.6. The van der Waals surface area contributed by atoms with Crippen molar-refractivity contribution < 1.29 is 10.0 Å². The number of aliphatic hydroxyl groups is 1. The van der Waals surface area contributed by atoms with Crippen molar-refractivity contribution in [3.05, 3.63) is 64.2 Å². The summed E-state index contributed by atoms with van der Waals surface area (Å²) < 4.78 is 0. The van der Waals surface area contributed by atoms with Crippen LogP contribution in [0, 0.1) is 10.1 Å². The highest BCUT2D eigenvalue weighted by molar-refractivity contribution is 5.69. The number of aliphatic hydroxyl groups excluding tert-OH is 1. The maximum atomic E-state index is 10.9. The molecule has 0 spiro atoms. The number of nitrogens with zero attached hydrogens (tertiary/aromatic N) is 1. The van der Waals surface area contributed by atoms with Gasteiger partial charge in [0.25, 0.3) is 5.69 Å². The summed E-state index contributed by atoms with van der Waals surface area (Å²) in [6.45, 7) is 1.68. The van der Waals surface area contributed by atoms with E-state index in [4.69, 9.17) is 0 Å². The molecule has 2 N–H and O–H groups in total. The molecule has 0 bridgehead atoms. The van der Waals surface area contributed by atoms with Gasteiger partial charge in [-0.2, -0.15) is 0 Å². The smallest absolute Gasteiger partial charge is 0.292 e. The summed E-state index contributed by atoms with van der Waals surface area (Å²) in [6.07, 6.45) is -0.528. The van der Waals surface area contributed by atoms with E-state index in [9.17, 15) is 15.2 Å². The van der Waals surface area contributed by atoms with E-state index in [-0.39, 0.29) is 5.69 Å². The summed E-state index contributed by atoms with van der Waals surface area (Å²) in [5, 5.41) is 23.3. The van der Waals surface area contributed by atoms with Gasteiger partial charge in [-0.05, 0) is 30.7 Å². The van der Waals surface area contributed by atoms with Crippen molar-refractivity contribution in [2.24, 2.45) is 0 Å². The monoisotopic (exact) mass is 258 g/mol. The van der Waals surface area contributed by atoms with E-state index in [1.807, 2.05) is 0 Å². The maximum Gasteiger partial charge on any atom is 0.292 e. The molecular formula is C14H14N2O3. The van der Waals surface area contributed by atoms with E-state index in [0.29, 0.717) is 5.69 Å². The second-order valence-corrected chi connectivity index (χ2v) is 4.20. The summed E-state index contributed by atoms with van der Waals surface area (Å²) in [5.74, 6) is 0. The van der Waals surface area contributed by atoms with Gasteiger partial charge in [-0.3, -0.25) is 10.1 Å². The predicted molar refractivity (Wildman–Crippen MR) is 73.5 cm³/mol. The van der Waals surface area contributed by atoms with E-state index in [2.05, 4.69) is 5.32 Å². The van der Waals surface area contributed by atoms with Crippen LogP contribution in [0.1, 0.15) is 18.6 Å². The summed E-state index contributed by atoms with van der Waals surface area (Å²) in [7, 11) is 0. The molecule has 19 heavy (non-hydrogen) atoms. The van der Waals surface area contributed by atoms with Gasteiger partial charge in [-0.15, -0.1) is 0 Å². The van der Waals surface area contributed by atoms with Crippen molar-refractivity contribution in [2.75, 3.05) is 5.32 Å². The van der Waals surface area contributed by atoms with Crippen LogP contribution in [0.2, 0.25) is 0 Å². The number of benzene rings is 2. The third kappa shape index (κ3) is 3.08. The van der Waals surface area contributed by atoms with E-state index in [1.165, 1.54) is 6.07 Å². The summed E-state index contributed by atoms with van der Waals surface area (Å²) in [4.78, 5) is 10.5. The number of nitrogens with one attached hydrogen (secondary N) is 1. The molecule has 2 rings (SSSR count). The fraction of sp³-hybridized carbons (Fsp3) is 0.143. The first-order chi connectivity index (χ1) is 9.08. The fourth-order valence-corrected chi connectivity index (χ4v) is 1.74. The Bertz CT molecular complexity index is 579. The molecule has 5 heteroatoms. The molecule has 2 aromatic rings. The minimum atomic E-state index is -0.528. The van der Waals surface area contributed by atoms with Crippen molar-refractivity contribution in [1.29, 1.82) is 0 Å². The average Bonchev–Trinajstić information content (AvgIpc) is 2.39. The molecule has 0 saturated heterocycles. The predicted octanol–water partition coefficient (Wildman–Crippen LogP) is 3.39. The van der Waals surface area contributed by atoms with Crippen molar-refractivity contribution in [1.82, 2.24) is 0 Å². The Labute approximate surface area is 110 Å². The average molecular weight is 258 g/mol. The first-order valence-corrected chi connectivity index (χ1v) is 5.86. The zero-order valence-corrected chi connectivity index (χ0v) is 10.4. The minimum Gasteiger partial charge on any atom is -0.389 e. The van der Waals surface area contributed by atoms with Gasteiger partial charge in [0.15, 0.2) is 0 Å². The zero-order chi connectivity index (χ0) is 13.8. The van der Waals surface area contributed by atoms with E-state index in [0.717, 1.165) is 11.3 Å². The normalized spacial score (nSPS) is 11.9. The Morgan fingerprint density at radius 2 is 1.79 bits per heavy atom. The quantitative estimate of drug-likeness (QED) is 0.651. The molecular weight excluding hydrogens is 244 g/mol. The molecule has 2 aromatic carbocycles. The maximum absolute atomic E-state index is 10.9. The molecule has 1 atom stereocenters. The van der Waals surface area contributed by atoms with Gasteiger partial charge in [0, 0.05) is 11.8 Å². The second-order valence-electron chi connectivity index (χ2n) is 4.20. The number of hydrogen-bond donors (Lipinski definition) is 2. The molecule has 0 aliphatic carbocycles. The Morgan fingerprint density at radius 1 is 1.16 bits per heavy atom. The molecule has 0 aromatic heterocycles. The fourth-order valence-electron chi connectivity index (χ4n) is 1.74. The third-order valence-electron chi connectivity index (χ3n) is 2.77. The Morgan fingerprint density at radius 3 is 2.37 bits per heavy atom. The number of para-hydroxylation sites is 2. The van der Waals surface area contributed by atoms with Crippen LogP contribution in [0.25, 0.3) is 0 Å². The molecule has 0 fully saturated rings. The number of anilines is 2. The van der Waals surface area contributed by atoms with Crippen LogP contribution < -0.4 is 5.32 Å². The minimum absolute atomic E-state index is 0.0297. The van der Waals surface area contributed by atoms with Crippen LogP contribution >= 0.6 is 0 Å².